The SMILES string of the molecule is Cc1cccc(N2c3ccccc3B3c4ccccc4N(c4cccc(C)c4)c4cc([Si](C)(C)c5ccccc5)cc2c43)c1. The number of aryl methyl sites for hydroxylation is 2. The lowest BCUT2D eigenvalue weighted by molar-refractivity contribution is 1.25. The minimum atomic E-state index is -2.08. The average Bonchev–Trinajstić information content (AvgIpc) is 3.04. The van der Waals surface area contributed by atoms with Gasteiger partial charge in [-0.3, -0.25) is 0 Å². The molecule has 2 heterocycles. The molecular formula is C40H35BN2Si. The van der Waals surface area contributed by atoms with Crippen molar-refractivity contribution >= 4 is 75.7 Å². The molecule has 0 saturated carbocycles. The van der Waals surface area contributed by atoms with Crippen molar-refractivity contribution in [2.75, 3.05) is 9.80 Å². The highest BCUT2D eigenvalue weighted by atomic mass is 28.3. The molecule has 4 heteroatoms. The Morgan fingerprint density at radius 3 is 1.43 bits per heavy atom. The summed E-state index contributed by atoms with van der Waals surface area (Å²) in [6, 6.07) is 52.2. The van der Waals surface area contributed by atoms with E-state index in [-0.39, 0.29) is 6.71 Å². The van der Waals surface area contributed by atoms with Crippen molar-refractivity contribution in [3.05, 3.63) is 151 Å². The van der Waals surface area contributed by atoms with Crippen LogP contribution in [-0.4, -0.2) is 14.8 Å². The Morgan fingerprint density at radius 1 is 0.455 bits per heavy atom. The summed E-state index contributed by atoms with van der Waals surface area (Å²) in [6.45, 7) is 9.51. The molecule has 0 aliphatic carbocycles. The summed E-state index contributed by atoms with van der Waals surface area (Å²) in [5, 5.41) is 2.88. The van der Waals surface area contributed by atoms with Gasteiger partial charge < -0.3 is 9.80 Å². The lowest BCUT2D eigenvalue weighted by Crippen LogP contribution is -2.62. The van der Waals surface area contributed by atoms with Gasteiger partial charge in [-0.1, -0.05) is 114 Å². The molecule has 0 saturated heterocycles. The highest BCUT2D eigenvalue weighted by Gasteiger charge is 2.44. The normalized spacial score (nSPS) is 13.3. The van der Waals surface area contributed by atoms with Gasteiger partial charge in [0.15, 0.2) is 0 Å². The Morgan fingerprint density at radius 2 is 0.932 bits per heavy atom. The van der Waals surface area contributed by atoms with Crippen LogP contribution in [0.3, 0.4) is 0 Å². The molecular weight excluding hydrogens is 547 g/mol. The molecule has 6 aromatic rings. The van der Waals surface area contributed by atoms with E-state index in [1.807, 2.05) is 0 Å². The molecule has 0 fully saturated rings. The second-order valence-electron chi connectivity index (χ2n) is 12.8. The molecule has 212 valence electrons. The lowest BCUT2D eigenvalue weighted by atomic mass is 9.33. The van der Waals surface area contributed by atoms with Crippen LogP contribution < -0.4 is 36.6 Å². The monoisotopic (exact) mass is 582 g/mol. The van der Waals surface area contributed by atoms with Crippen LogP contribution in [0.2, 0.25) is 13.1 Å². The first-order valence-corrected chi connectivity index (χ1v) is 18.6. The molecule has 0 bridgehead atoms. The fourth-order valence-corrected chi connectivity index (χ4v) is 9.72. The highest BCUT2D eigenvalue weighted by molar-refractivity contribution is 7.02. The molecule has 44 heavy (non-hydrogen) atoms. The van der Waals surface area contributed by atoms with Crippen LogP contribution in [0.4, 0.5) is 34.1 Å². The third kappa shape index (κ3) is 4.09. The maximum atomic E-state index is 2.53. The summed E-state index contributed by atoms with van der Waals surface area (Å²) in [4.78, 5) is 5.05. The van der Waals surface area contributed by atoms with E-state index in [0.717, 1.165) is 0 Å². The average molecular weight is 583 g/mol. The van der Waals surface area contributed by atoms with Crippen LogP contribution in [-0.2, 0) is 0 Å². The standard InChI is InChI=1S/C40H35BN2Si/c1-28-14-12-16-30(24-28)42-36-22-10-8-20-34(36)41-35-21-9-11-23-37(35)43(31-17-13-15-29(2)25-31)39-27-33(26-38(42)40(39)41)44(3,4)32-18-6-5-7-19-32/h5-27H,1-4H3. The quantitative estimate of drug-likeness (QED) is 0.203. The number of rotatable bonds is 4. The van der Waals surface area contributed by atoms with Gasteiger partial charge in [0.1, 0.15) is 8.07 Å². The van der Waals surface area contributed by atoms with Gasteiger partial charge in [-0.2, -0.15) is 0 Å². The molecule has 0 N–H and O–H groups in total. The second-order valence-corrected chi connectivity index (χ2v) is 17.2. The third-order valence-electron chi connectivity index (χ3n) is 9.62. The first kappa shape index (κ1) is 26.8. The number of benzene rings is 6. The van der Waals surface area contributed by atoms with Crippen LogP contribution in [0.25, 0.3) is 0 Å². The Balaban J connectivity index is 1.51. The van der Waals surface area contributed by atoms with E-state index < -0.39 is 8.07 Å². The van der Waals surface area contributed by atoms with Crippen LogP contribution in [0.15, 0.2) is 140 Å². The summed E-state index contributed by atoms with van der Waals surface area (Å²) < 4.78 is 0. The van der Waals surface area contributed by atoms with E-state index in [9.17, 15) is 0 Å². The number of hydrogen-bond acceptors (Lipinski definition) is 2. The zero-order chi connectivity index (χ0) is 30.0. The van der Waals surface area contributed by atoms with Gasteiger partial charge in [0, 0.05) is 34.1 Å². The Labute approximate surface area is 262 Å². The third-order valence-corrected chi connectivity index (χ3v) is 13.1. The van der Waals surface area contributed by atoms with E-state index in [0.29, 0.717) is 0 Å². The maximum absolute atomic E-state index is 2.53. The minimum Gasteiger partial charge on any atom is -0.311 e. The number of hydrogen-bond donors (Lipinski definition) is 0. The van der Waals surface area contributed by atoms with Gasteiger partial charge >= 0.3 is 0 Å². The van der Waals surface area contributed by atoms with E-state index >= 15 is 0 Å². The first-order valence-electron chi connectivity index (χ1n) is 15.6. The van der Waals surface area contributed by atoms with Crippen LogP contribution >= 0.6 is 0 Å². The van der Waals surface area contributed by atoms with Crippen molar-refractivity contribution in [2.24, 2.45) is 0 Å². The van der Waals surface area contributed by atoms with Crippen molar-refractivity contribution in [3.8, 4) is 0 Å². The smallest absolute Gasteiger partial charge is 0.252 e. The lowest BCUT2D eigenvalue weighted by Gasteiger charge is -2.45. The largest absolute Gasteiger partial charge is 0.311 e. The van der Waals surface area contributed by atoms with Gasteiger partial charge in [0.2, 0.25) is 0 Å². The maximum Gasteiger partial charge on any atom is 0.252 e. The number of fused-ring (bicyclic) bond motifs is 4. The summed E-state index contributed by atoms with van der Waals surface area (Å²) >= 11 is 0. The van der Waals surface area contributed by atoms with Crippen molar-refractivity contribution in [3.63, 3.8) is 0 Å². The Kier molecular flexibility index (Phi) is 6.18. The van der Waals surface area contributed by atoms with E-state index in [2.05, 4.69) is 176 Å². The minimum absolute atomic E-state index is 0.144. The van der Waals surface area contributed by atoms with E-state index in [1.54, 1.807) is 0 Å². The van der Waals surface area contributed by atoms with E-state index in [1.165, 1.54) is 72.0 Å². The Hall–Kier alpha value is -4.80. The number of anilines is 6. The topological polar surface area (TPSA) is 6.48 Å². The molecule has 0 atom stereocenters. The zero-order valence-corrected chi connectivity index (χ0v) is 26.8. The predicted molar refractivity (Wildman–Crippen MR) is 193 cm³/mol. The van der Waals surface area contributed by atoms with Gasteiger partial charge in [-0.15, -0.1) is 0 Å². The molecule has 0 spiro atoms. The van der Waals surface area contributed by atoms with Crippen molar-refractivity contribution < 1.29 is 0 Å². The van der Waals surface area contributed by atoms with E-state index in [4.69, 9.17) is 0 Å². The first-order chi connectivity index (χ1) is 21.4. The van der Waals surface area contributed by atoms with Crippen LogP contribution in [0.5, 0.6) is 0 Å². The van der Waals surface area contributed by atoms with Crippen molar-refractivity contribution in [1.29, 1.82) is 0 Å². The summed E-state index contributed by atoms with van der Waals surface area (Å²) in [5.74, 6) is 0. The fraction of sp³-hybridized carbons (Fsp3) is 0.100. The van der Waals surface area contributed by atoms with Crippen molar-refractivity contribution in [2.45, 2.75) is 26.9 Å². The molecule has 0 unspecified atom stereocenters. The zero-order valence-electron chi connectivity index (χ0n) is 25.8. The van der Waals surface area contributed by atoms with Crippen LogP contribution in [0.1, 0.15) is 11.1 Å². The van der Waals surface area contributed by atoms with Gasteiger partial charge in [0.25, 0.3) is 6.71 Å². The molecule has 0 amide bonds. The molecule has 0 aromatic heterocycles. The molecule has 2 aliphatic heterocycles. The number of para-hydroxylation sites is 2. The second kappa shape index (κ2) is 10.1. The van der Waals surface area contributed by atoms with Gasteiger partial charge in [-0.25, -0.2) is 0 Å². The van der Waals surface area contributed by atoms with Crippen LogP contribution in [0, 0.1) is 13.8 Å². The summed E-state index contributed by atoms with van der Waals surface area (Å²) in [5.41, 5.74) is 14.1. The van der Waals surface area contributed by atoms with Gasteiger partial charge in [0.05, 0.1) is 0 Å². The highest BCUT2D eigenvalue weighted by Crippen LogP contribution is 2.43. The number of nitrogens with zero attached hydrogens (tertiary/aromatic N) is 2. The summed E-state index contributed by atoms with van der Waals surface area (Å²) in [6.07, 6.45) is 0. The molecule has 0 radical (unpaired) electrons. The molecule has 2 aliphatic rings. The summed E-state index contributed by atoms with van der Waals surface area (Å²) in [7, 11) is -2.08. The Bertz CT molecular complexity index is 1930. The molecule has 6 aromatic carbocycles. The molecule has 2 nitrogen and oxygen atoms in total. The molecule has 8 rings (SSSR count). The fourth-order valence-electron chi connectivity index (χ4n) is 7.37. The van der Waals surface area contributed by atoms with Gasteiger partial charge in [-0.05, 0) is 89.9 Å². The predicted octanol–water partition coefficient (Wildman–Crippen LogP) is 7.21. The van der Waals surface area contributed by atoms with Crippen molar-refractivity contribution in [1.82, 2.24) is 0 Å².